The molecule has 0 aromatic rings. The van der Waals surface area contributed by atoms with Gasteiger partial charge < -0.3 is 0 Å². The van der Waals surface area contributed by atoms with Crippen molar-refractivity contribution in [2.45, 2.75) is 38.6 Å². The van der Waals surface area contributed by atoms with Crippen molar-refractivity contribution in [3.05, 3.63) is 0 Å². The minimum absolute atomic E-state index is 0.489. The molecule has 1 heterocycles. The van der Waals surface area contributed by atoms with E-state index in [0.29, 0.717) is 11.8 Å². The molecule has 15 heavy (non-hydrogen) atoms. The second-order valence-electron chi connectivity index (χ2n) is 4.67. The zero-order valence-corrected chi connectivity index (χ0v) is 10.4. The number of Topliss-reactive ketones (excluding diaryl/α,β-unsaturated/α-hetero) is 1. The normalized spacial score (nSPS) is 34.3. The predicted octanol–water partition coefficient (Wildman–Crippen LogP) is 2.18. The molecule has 86 valence electrons. The maximum atomic E-state index is 11.5. The molecule has 2 nitrogen and oxygen atoms in total. The molecule has 0 N–H and O–H groups in total. The molecule has 2 unspecified atom stereocenters. The molecular formula is C12H21NOS. The number of ketones is 1. The molecule has 0 amide bonds. The second kappa shape index (κ2) is 5.35. The van der Waals surface area contributed by atoms with Crippen LogP contribution in [0, 0.1) is 5.92 Å². The lowest BCUT2D eigenvalue weighted by Gasteiger charge is -2.40. The van der Waals surface area contributed by atoms with Crippen molar-refractivity contribution in [3.63, 3.8) is 0 Å². The number of carbonyl (C=O) groups is 1. The van der Waals surface area contributed by atoms with Gasteiger partial charge >= 0.3 is 0 Å². The van der Waals surface area contributed by atoms with Crippen LogP contribution in [0.5, 0.6) is 0 Å². The van der Waals surface area contributed by atoms with Crippen molar-refractivity contribution >= 4 is 17.5 Å². The van der Waals surface area contributed by atoms with Crippen molar-refractivity contribution in [2.75, 3.05) is 24.6 Å². The molecule has 2 aliphatic rings. The summed E-state index contributed by atoms with van der Waals surface area (Å²) in [5.41, 5.74) is 0. The number of hydrogen-bond donors (Lipinski definition) is 0. The molecular weight excluding hydrogens is 206 g/mol. The molecule has 1 aliphatic heterocycles. The number of carbonyl (C=O) groups excluding carboxylic acids is 1. The summed E-state index contributed by atoms with van der Waals surface area (Å²) in [5.74, 6) is 3.76. The van der Waals surface area contributed by atoms with Gasteiger partial charge in [-0.1, -0.05) is 13.3 Å². The second-order valence-corrected chi connectivity index (χ2v) is 5.89. The highest BCUT2D eigenvalue weighted by molar-refractivity contribution is 7.99. The summed E-state index contributed by atoms with van der Waals surface area (Å²) in [6.45, 7) is 4.66. The van der Waals surface area contributed by atoms with Gasteiger partial charge in [-0.3, -0.25) is 9.69 Å². The van der Waals surface area contributed by atoms with E-state index in [4.69, 9.17) is 0 Å². The van der Waals surface area contributed by atoms with E-state index in [1.165, 1.54) is 31.0 Å². The minimum atomic E-state index is 0.489. The van der Waals surface area contributed by atoms with Gasteiger partial charge in [0.1, 0.15) is 5.78 Å². The molecule has 2 fully saturated rings. The summed E-state index contributed by atoms with van der Waals surface area (Å²) in [4.78, 5) is 14.1. The Bertz CT molecular complexity index is 226. The van der Waals surface area contributed by atoms with Crippen LogP contribution in [0.25, 0.3) is 0 Å². The Labute approximate surface area is 96.8 Å². The average molecular weight is 227 g/mol. The number of thioether (sulfide) groups is 1. The summed E-state index contributed by atoms with van der Waals surface area (Å²) < 4.78 is 0. The molecule has 0 bridgehead atoms. The van der Waals surface area contributed by atoms with Gasteiger partial charge in [0.2, 0.25) is 0 Å². The molecule has 0 radical (unpaired) electrons. The third kappa shape index (κ3) is 2.76. The van der Waals surface area contributed by atoms with Gasteiger partial charge in [0, 0.05) is 43.5 Å². The van der Waals surface area contributed by atoms with Gasteiger partial charge in [0.05, 0.1) is 0 Å². The van der Waals surface area contributed by atoms with Crippen LogP contribution in [0.1, 0.15) is 32.6 Å². The first-order valence-corrected chi connectivity index (χ1v) is 7.30. The van der Waals surface area contributed by atoms with E-state index in [1.54, 1.807) is 0 Å². The summed E-state index contributed by atoms with van der Waals surface area (Å²) >= 11 is 2.05. The monoisotopic (exact) mass is 227 g/mol. The van der Waals surface area contributed by atoms with E-state index in [1.807, 2.05) is 11.8 Å². The Hall–Kier alpha value is -0.0200. The van der Waals surface area contributed by atoms with Crippen molar-refractivity contribution < 1.29 is 4.79 Å². The van der Waals surface area contributed by atoms with Crippen LogP contribution in [0.4, 0.5) is 0 Å². The Kier molecular flexibility index (Phi) is 4.09. The van der Waals surface area contributed by atoms with Crippen molar-refractivity contribution in [2.24, 2.45) is 5.92 Å². The van der Waals surface area contributed by atoms with Gasteiger partial charge in [-0.15, -0.1) is 0 Å². The molecule has 1 saturated heterocycles. The lowest BCUT2D eigenvalue weighted by Crippen LogP contribution is -2.48. The fourth-order valence-corrected chi connectivity index (χ4v) is 3.78. The highest BCUT2D eigenvalue weighted by Crippen LogP contribution is 2.30. The van der Waals surface area contributed by atoms with Crippen LogP contribution < -0.4 is 0 Å². The first kappa shape index (κ1) is 11.5. The predicted molar refractivity (Wildman–Crippen MR) is 65.3 cm³/mol. The van der Waals surface area contributed by atoms with Gasteiger partial charge in [0.25, 0.3) is 0 Å². The average Bonchev–Trinajstić information content (AvgIpc) is 2.30. The number of hydrogen-bond acceptors (Lipinski definition) is 3. The van der Waals surface area contributed by atoms with Crippen molar-refractivity contribution in [1.29, 1.82) is 0 Å². The van der Waals surface area contributed by atoms with Crippen LogP contribution >= 0.6 is 11.8 Å². The molecule has 0 spiro atoms. The molecule has 2 rings (SSSR count). The first-order chi connectivity index (χ1) is 7.31. The largest absolute Gasteiger partial charge is 0.300 e. The molecule has 0 aromatic heterocycles. The van der Waals surface area contributed by atoms with Gasteiger partial charge in [-0.2, -0.15) is 11.8 Å². The van der Waals surface area contributed by atoms with Crippen LogP contribution in [0.3, 0.4) is 0 Å². The van der Waals surface area contributed by atoms with Crippen LogP contribution in [0.15, 0.2) is 0 Å². The summed E-state index contributed by atoms with van der Waals surface area (Å²) in [6.07, 6.45) is 4.02. The fourth-order valence-electron chi connectivity index (χ4n) is 2.85. The van der Waals surface area contributed by atoms with Gasteiger partial charge in [-0.05, 0) is 12.3 Å². The summed E-state index contributed by atoms with van der Waals surface area (Å²) in [6, 6.07) is 0.567. The van der Waals surface area contributed by atoms with Crippen LogP contribution in [0.2, 0.25) is 0 Å². The Balaban J connectivity index is 1.98. The third-order valence-electron chi connectivity index (χ3n) is 3.81. The van der Waals surface area contributed by atoms with Crippen LogP contribution in [-0.4, -0.2) is 41.3 Å². The molecule has 0 aromatic carbocycles. The van der Waals surface area contributed by atoms with Crippen molar-refractivity contribution in [3.8, 4) is 0 Å². The first-order valence-electron chi connectivity index (χ1n) is 6.14. The lowest BCUT2D eigenvalue weighted by atomic mass is 9.81. The SMILES string of the molecule is CCC1CCC(=O)CC1N1CCSCC1. The summed E-state index contributed by atoms with van der Waals surface area (Å²) in [7, 11) is 0. The standard InChI is InChI=1S/C12H21NOS/c1-2-10-3-4-11(14)9-12(10)13-5-7-15-8-6-13/h10,12H,2-9H2,1H3. The van der Waals surface area contributed by atoms with E-state index in [9.17, 15) is 4.79 Å². The quantitative estimate of drug-likeness (QED) is 0.721. The highest BCUT2D eigenvalue weighted by Gasteiger charge is 2.32. The maximum absolute atomic E-state index is 11.5. The maximum Gasteiger partial charge on any atom is 0.134 e. The Morgan fingerprint density at radius 1 is 1.40 bits per heavy atom. The van der Waals surface area contributed by atoms with Crippen LogP contribution in [-0.2, 0) is 4.79 Å². The molecule has 1 aliphatic carbocycles. The molecule has 2 atom stereocenters. The number of rotatable bonds is 2. The Morgan fingerprint density at radius 2 is 2.13 bits per heavy atom. The van der Waals surface area contributed by atoms with E-state index >= 15 is 0 Å². The summed E-state index contributed by atoms with van der Waals surface area (Å²) in [5, 5.41) is 0. The zero-order valence-electron chi connectivity index (χ0n) is 9.58. The highest BCUT2D eigenvalue weighted by atomic mass is 32.2. The van der Waals surface area contributed by atoms with Gasteiger partial charge in [0.15, 0.2) is 0 Å². The fraction of sp³-hybridized carbons (Fsp3) is 0.917. The van der Waals surface area contributed by atoms with Gasteiger partial charge in [-0.25, -0.2) is 0 Å². The Morgan fingerprint density at radius 3 is 2.80 bits per heavy atom. The van der Waals surface area contributed by atoms with E-state index in [0.717, 1.165) is 25.2 Å². The topological polar surface area (TPSA) is 20.3 Å². The molecule has 1 saturated carbocycles. The molecule has 3 heteroatoms. The smallest absolute Gasteiger partial charge is 0.134 e. The lowest BCUT2D eigenvalue weighted by molar-refractivity contribution is -0.123. The van der Waals surface area contributed by atoms with Crippen molar-refractivity contribution in [1.82, 2.24) is 4.90 Å². The number of nitrogens with zero attached hydrogens (tertiary/aromatic N) is 1. The van der Waals surface area contributed by atoms with E-state index in [-0.39, 0.29) is 0 Å². The van der Waals surface area contributed by atoms with E-state index < -0.39 is 0 Å². The zero-order chi connectivity index (χ0) is 10.7. The van der Waals surface area contributed by atoms with E-state index in [2.05, 4.69) is 11.8 Å². The third-order valence-corrected chi connectivity index (χ3v) is 4.76. The minimum Gasteiger partial charge on any atom is -0.300 e.